The van der Waals surface area contributed by atoms with E-state index in [1.165, 1.54) is 70.6 Å². The molecule has 0 aromatic rings. The molecule has 0 aliphatic heterocycles. The summed E-state index contributed by atoms with van der Waals surface area (Å²) in [6.45, 7) is 6.16. The molecule has 6 heteroatoms. The number of nitrogens with one attached hydrogen (secondary N) is 1. The molecule has 59 heavy (non-hydrogen) atoms. The summed E-state index contributed by atoms with van der Waals surface area (Å²) in [6, 6.07) is -0.734. The first-order valence-electron chi connectivity index (χ1n) is 24.1. The molecule has 0 aromatic heterocycles. The Labute approximate surface area is 363 Å². The molecular weight excluding hydrogens is 731 g/mol. The summed E-state index contributed by atoms with van der Waals surface area (Å²) in [6.07, 6.45) is 60.4. The summed E-state index contributed by atoms with van der Waals surface area (Å²) >= 11 is 0. The average molecular weight is 820 g/mol. The maximum Gasteiger partial charge on any atom is 0.306 e. The number of amides is 1. The number of carbonyl (C=O) groups is 2. The first kappa shape index (κ1) is 55.8. The zero-order valence-electron chi connectivity index (χ0n) is 38.1. The van der Waals surface area contributed by atoms with Crippen molar-refractivity contribution in [1.82, 2.24) is 5.32 Å². The Kier molecular flexibility index (Phi) is 43.4. The lowest BCUT2D eigenvalue weighted by Gasteiger charge is -2.24. The summed E-state index contributed by atoms with van der Waals surface area (Å²) in [5, 5.41) is 23.7. The summed E-state index contributed by atoms with van der Waals surface area (Å²) < 4.78 is 5.86. The van der Waals surface area contributed by atoms with Crippen LogP contribution in [-0.4, -0.2) is 46.9 Å². The van der Waals surface area contributed by atoms with E-state index in [1.807, 2.05) is 48.6 Å². The van der Waals surface area contributed by atoms with Crippen LogP contribution in [0.2, 0.25) is 0 Å². The Balaban J connectivity index is 4.73. The fraction of sp³-hybridized carbons (Fsp3) is 0.660. The molecule has 0 bridgehead atoms. The van der Waals surface area contributed by atoms with Crippen LogP contribution in [0.4, 0.5) is 0 Å². The number of rotatable bonds is 41. The minimum atomic E-state index is -0.815. The fourth-order valence-electron chi connectivity index (χ4n) is 6.75. The highest BCUT2D eigenvalue weighted by Crippen LogP contribution is 2.16. The summed E-state index contributed by atoms with van der Waals surface area (Å²) in [7, 11) is 0. The topological polar surface area (TPSA) is 95.9 Å². The minimum Gasteiger partial charge on any atom is -0.462 e. The van der Waals surface area contributed by atoms with Crippen molar-refractivity contribution >= 4 is 11.9 Å². The van der Waals surface area contributed by atoms with E-state index >= 15 is 0 Å². The fourth-order valence-corrected chi connectivity index (χ4v) is 6.75. The van der Waals surface area contributed by atoms with Crippen molar-refractivity contribution in [2.24, 2.45) is 0 Å². The second-order valence-electron chi connectivity index (χ2n) is 15.9. The van der Waals surface area contributed by atoms with Crippen LogP contribution in [0.25, 0.3) is 0 Å². The van der Waals surface area contributed by atoms with Crippen LogP contribution >= 0.6 is 0 Å². The van der Waals surface area contributed by atoms with E-state index in [9.17, 15) is 19.8 Å². The highest BCUT2D eigenvalue weighted by molar-refractivity contribution is 5.77. The first-order valence-corrected chi connectivity index (χ1v) is 24.1. The van der Waals surface area contributed by atoms with E-state index in [0.29, 0.717) is 19.3 Å². The van der Waals surface area contributed by atoms with Crippen LogP contribution in [-0.2, 0) is 14.3 Å². The lowest BCUT2D eigenvalue weighted by atomic mass is 10.0. The van der Waals surface area contributed by atoms with Gasteiger partial charge in [0.05, 0.1) is 25.2 Å². The van der Waals surface area contributed by atoms with Crippen molar-refractivity contribution in [2.75, 3.05) is 6.61 Å². The van der Waals surface area contributed by atoms with Crippen LogP contribution in [0.15, 0.2) is 97.2 Å². The number of unbranched alkanes of at least 4 members (excludes halogenated alkanes) is 19. The predicted octanol–water partition coefficient (Wildman–Crippen LogP) is 14.2. The third-order valence-corrected chi connectivity index (χ3v) is 10.3. The van der Waals surface area contributed by atoms with Crippen LogP contribution in [0.1, 0.15) is 201 Å². The molecular formula is C53H89NO5. The van der Waals surface area contributed by atoms with Gasteiger partial charge >= 0.3 is 5.97 Å². The van der Waals surface area contributed by atoms with Crippen molar-refractivity contribution in [2.45, 2.75) is 219 Å². The largest absolute Gasteiger partial charge is 0.462 e. The van der Waals surface area contributed by atoms with Crippen LogP contribution < -0.4 is 5.32 Å². The molecule has 0 radical (unpaired) electrons. The smallest absolute Gasteiger partial charge is 0.306 e. The van der Waals surface area contributed by atoms with Crippen LogP contribution in [0.3, 0.4) is 0 Å². The number of aliphatic hydroxyl groups is 2. The van der Waals surface area contributed by atoms with Crippen molar-refractivity contribution in [3.8, 4) is 0 Å². The second kappa shape index (κ2) is 45.9. The molecule has 0 spiro atoms. The quantitative estimate of drug-likeness (QED) is 0.0324. The molecule has 0 rings (SSSR count). The molecule has 0 saturated carbocycles. The molecule has 1 amide bonds. The lowest BCUT2D eigenvalue weighted by molar-refractivity contribution is -0.151. The van der Waals surface area contributed by atoms with E-state index in [-0.39, 0.29) is 24.9 Å². The van der Waals surface area contributed by atoms with Crippen molar-refractivity contribution < 1.29 is 24.5 Å². The van der Waals surface area contributed by atoms with Gasteiger partial charge in [0, 0.05) is 6.42 Å². The van der Waals surface area contributed by atoms with E-state index < -0.39 is 18.2 Å². The van der Waals surface area contributed by atoms with Gasteiger partial charge in [-0.3, -0.25) is 9.59 Å². The Hall–Kier alpha value is -3.22. The zero-order valence-corrected chi connectivity index (χ0v) is 38.1. The van der Waals surface area contributed by atoms with Crippen molar-refractivity contribution in [1.29, 1.82) is 0 Å². The van der Waals surface area contributed by atoms with Gasteiger partial charge in [0.15, 0.2) is 0 Å². The minimum absolute atomic E-state index is 0.0147. The van der Waals surface area contributed by atoms with Crippen molar-refractivity contribution in [3.63, 3.8) is 0 Å². The molecule has 3 unspecified atom stereocenters. The number of ether oxygens (including phenoxy) is 1. The third-order valence-electron chi connectivity index (χ3n) is 10.3. The second-order valence-corrected chi connectivity index (χ2v) is 15.9. The predicted molar refractivity (Wildman–Crippen MR) is 254 cm³/mol. The molecule has 0 aliphatic carbocycles. The molecule has 0 heterocycles. The van der Waals surface area contributed by atoms with Gasteiger partial charge in [0.25, 0.3) is 0 Å². The maximum atomic E-state index is 13.2. The van der Waals surface area contributed by atoms with Gasteiger partial charge in [-0.05, 0) is 57.8 Å². The summed E-state index contributed by atoms with van der Waals surface area (Å²) in [4.78, 5) is 26.0. The highest BCUT2D eigenvalue weighted by atomic mass is 16.5. The van der Waals surface area contributed by atoms with E-state index in [0.717, 1.165) is 83.5 Å². The molecule has 0 fully saturated rings. The summed E-state index contributed by atoms with van der Waals surface area (Å²) in [5.74, 6) is -0.580. The third kappa shape index (κ3) is 41.3. The Morgan fingerprint density at radius 3 is 1.42 bits per heavy atom. The number of esters is 1. The summed E-state index contributed by atoms with van der Waals surface area (Å²) in [5.41, 5.74) is 0. The Bertz CT molecular complexity index is 1190. The Morgan fingerprint density at radius 1 is 0.508 bits per heavy atom. The highest BCUT2D eigenvalue weighted by Gasteiger charge is 2.24. The van der Waals surface area contributed by atoms with Gasteiger partial charge in [-0.1, -0.05) is 227 Å². The number of allylic oxidation sites excluding steroid dienone is 16. The van der Waals surface area contributed by atoms with Gasteiger partial charge in [-0.2, -0.15) is 0 Å². The van der Waals surface area contributed by atoms with E-state index in [1.54, 1.807) is 0 Å². The molecule has 6 nitrogen and oxygen atoms in total. The van der Waals surface area contributed by atoms with Gasteiger partial charge < -0.3 is 20.3 Å². The monoisotopic (exact) mass is 820 g/mol. The van der Waals surface area contributed by atoms with Crippen LogP contribution in [0, 0.1) is 0 Å². The van der Waals surface area contributed by atoms with Gasteiger partial charge in [0.2, 0.25) is 5.91 Å². The first-order chi connectivity index (χ1) is 29.0. The average Bonchev–Trinajstić information content (AvgIpc) is 3.23. The number of aliphatic hydroxyl groups excluding tert-OH is 2. The molecule has 0 saturated heterocycles. The molecule has 0 aliphatic rings. The van der Waals surface area contributed by atoms with E-state index in [4.69, 9.17) is 4.74 Å². The van der Waals surface area contributed by atoms with Gasteiger partial charge in [-0.15, -0.1) is 0 Å². The Morgan fingerprint density at radius 2 is 0.932 bits per heavy atom. The lowest BCUT2D eigenvalue weighted by Crippen LogP contribution is -2.46. The van der Waals surface area contributed by atoms with Gasteiger partial charge in [-0.25, -0.2) is 0 Å². The van der Waals surface area contributed by atoms with E-state index in [2.05, 4.69) is 74.7 Å². The van der Waals surface area contributed by atoms with Crippen molar-refractivity contribution in [3.05, 3.63) is 97.2 Å². The van der Waals surface area contributed by atoms with Crippen LogP contribution in [0.5, 0.6) is 0 Å². The number of hydrogen-bond acceptors (Lipinski definition) is 5. The molecule has 3 atom stereocenters. The SMILES string of the molecule is CC/C=C/C=C/C=C\C=C/C=C/CCCC(CC(=O)NC(CO)C(O)CCCCCCCCCCCCCCCC)OC(=O)CCCCCCC\C=C/C=C/C=C/CC. The van der Waals surface area contributed by atoms with Gasteiger partial charge in [0.1, 0.15) is 6.10 Å². The molecule has 336 valence electrons. The molecule has 0 aromatic carbocycles. The molecule has 3 N–H and O–H groups in total. The normalized spacial score (nSPS) is 14.2. The maximum absolute atomic E-state index is 13.2. The number of carbonyl (C=O) groups excluding carboxylic acids is 2. The number of hydrogen-bond donors (Lipinski definition) is 3. The standard InChI is InChI=1S/C53H89NO5/c1-4-7-10-13-16-19-22-25-28-30-33-36-39-42-45-51(56)50(48-55)54-52(57)47-49(44-41-38-35-32-29-26-23-20-17-14-11-8-5-2)59-53(58)46-43-40-37-34-31-27-24-21-18-15-12-9-6-3/h8-9,11-12,14-15,17-18,20-21,23-24,26,29,32,35,49-51,55-56H,4-7,10,13,16,19,22,25,27-28,30-31,33-34,36-48H2,1-3H3,(H,54,57)/b11-8+,12-9+,17-14+,18-15+,23-20-,24-21-,29-26-,35-32+. The zero-order chi connectivity index (χ0) is 43.1.